The third kappa shape index (κ3) is 4.40. The Morgan fingerprint density at radius 2 is 1.79 bits per heavy atom. The Balaban J connectivity index is 1.59. The monoisotopic (exact) mass is 393 g/mol. The highest BCUT2D eigenvalue weighted by atomic mass is 19.1. The standard InChI is InChI=1S/C24H28FN3O/c1-17-7-9-19(10-8-17)22-15-23(20-5-3-4-6-21(20)25)28(26-22)24(29)16-27-13-11-18(2)12-14-27/h3-10,18,23H,11-16H2,1-2H3/t23-/m0/s1. The molecule has 1 fully saturated rings. The maximum atomic E-state index is 14.6. The molecule has 29 heavy (non-hydrogen) atoms. The number of hydrogen-bond donors (Lipinski definition) is 0. The van der Waals surface area contributed by atoms with Gasteiger partial charge < -0.3 is 0 Å². The fourth-order valence-electron chi connectivity index (χ4n) is 4.13. The number of carbonyl (C=O) groups is 1. The Bertz CT molecular complexity index is 901. The normalized spacial score (nSPS) is 20.7. The molecule has 152 valence electrons. The number of halogens is 1. The largest absolute Gasteiger partial charge is 0.294 e. The molecule has 1 atom stereocenters. The molecular formula is C24H28FN3O. The van der Waals surface area contributed by atoms with E-state index in [1.807, 2.05) is 37.3 Å². The molecule has 4 rings (SSSR count). The Morgan fingerprint density at radius 1 is 1.10 bits per heavy atom. The molecule has 0 aromatic heterocycles. The Morgan fingerprint density at radius 3 is 2.48 bits per heavy atom. The van der Waals surface area contributed by atoms with Gasteiger partial charge in [-0.1, -0.05) is 55.0 Å². The summed E-state index contributed by atoms with van der Waals surface area (Å²) in [6, 6.07) is 14.4. The van der Waals surface area contributed by atoms with Crippen LogP contribution in [-0.2, 0) is 4.79 Å². The molecule has 0 bridgehead atoms. The van der Waals surface area contributed by atoms with Crippen LogP contribution in [0.4, 0.5) is 4.39 Å². The van der Waals surface area contributed by atoms with Crippen LogP contribution in [0.5, 0.6) is 0 Å². The summed E-state index contributed by atoms with van der Waals surface area (Å²) in [6.45, 7) is 6.49. The first-order chi connectivity index (χ1) is 14.0. The Labute approximate surface area is 172 Å². The predicted octanol–water partition coefficient (Wildman–Crippen LogP) is 4.54. The van der Waals surface area contributed by atoms with Crippen LogP contribution in [0.3, 0.4) is 0 Å². The van der Waals surface area contributed by atoms with Gasteiger partial charge in [0.1, 0.15) is 5.82 Å². The first-order valence-electron chi connectivity index (χ1n) is 10.4. The van der Waals surface area contributed by atoms with Crippen molar-refractivity contribution >= 4 is 11.6 Å². The summed E-state index contributed by atoms with van der Waals surface area (Å²) in [5.74, 6) is 0.364. The lowest BCUT2D eigenvalue weighted by atomic mass is 9.97. The van der Waals surface area contributed by atoms with E-state index < -0.39 is 6.04 Å². The number of hydrogen-bond acceptors (Lipinski definition) is 3. The maximum Gasteiger partial charge on any atom is 0.257 e. The van der Waals surface area contributed by atoms with E-state index in [4.69, 9.17) is 0 Å². The number of aryl methyl sites for hydroxylation is 1. The molecule has 4 nitrogen and oxygen atoms in total. The number of hydrazone groups is 1. The van der Waals surface area contributed by atoms with Crippen molar-refractivity contribution in [3.8, 4) is 0 Å². The number of piperidine rings is 1. The van der Waals surface area contributed by atoms with Gasteiger partial charge in [0, 0.05) is 12.0 Å². The van der Waals surface area contributed by atoms with Gasteiger partial charge in [0.25, 0.3) is 5.91 Å². The number of likely N-dealkylation sites (tertiary alicyclic amines) is 1. The predicted molar refractivity (Wildman–Crippen MR) is 113 cm³/mol. The Kier molecular flexibility index (Phi) is 5.76. The number of benzene rings is 2. The van der Waals surface area contributed by atoms with Crippen molar-refractivity contribution in [2.45, 2.75) is 39.2 Å². The number of nitrogens with zero attached hydrogens (tertiary/aromatic N) is 3. The van der Waals surface area contributed by atoms with Crippen molar-refractivity contribution in [2.75, 3.05) is 19.6 Å². The van der Waals surface area contributed by atoms with Gasteiger partial charge >= 0.3 is 0 Å². The molecule has 0 N–H and O–H groups in total. The second-order valence-electron chi connectivity index (χ2n) is 8.35. The number of carbonyl (C=O) groups excluding carboxylic acids is 1. The van der Waals surface area contributed by atoms with E-state index in [1.54, 1.807) is 12.1 Å². The first-order valence-corrected chi connectivity index (χ1v) is 10.4. The van der Waals surface area contributed by atoms with E-state index in [2.05, 4.69) is 16.9 Å². The second-order valence-corrected chi connectivity index (χ2v) is 8.35. The fraction of sp³-hybridized carbons (Fsp3) is 0.417. The SMILES string of the molecule is Cc1ccc(C2=NN(C(=O)CN3CCC(C)CC3)[C@H](c3ccccc3F)C2)cc1. The van der Waals surface area contributed by atoms with Crippen LogP contribution in [0.2, 0.25) is 0 Å². The van der Waals surface area contributed by atoms with Crippen molar-refractivity contribution in [3.05, 3.63) is 71.0 Å². The summed E-state index contributed by atoms with van der Waals surface area (Å²) < 4.78 is 14.6. The molecule has 0 radical (unpaired) electrons. The minimum absolute atomic E-state index is 0.0603. The molecule has 1 amide bonds. The van der Waals surface area contributed by atoms with E-state index in [1.165, 1.54) is 16.6 Å². The van der Waals surface area contributed by atoms with Crippen LogP contribution >= 0.6 is 0 Å². The lowest BCUT2D eigenvalue weighted by Gasteiger charge is -2.31. The molecular weight excluding hydrogens is 365 g/mol. The van der Waals surface area contributed by atoms with E-state index in [0.29, 0.717) is 24.4 Å². The van der Waals surface area contributed by atoms with Crippen molar-refractivity contribution in [1.29, 1.82) is 0 Å². The van der Waals surface area contributed by atoms with Crippen molar-refractivity contribution in [3.63, 3.8) is 0 Å². The highest BCUT2D eigenvalue weighted by molar-refractivity contribution is 6.03. The Hall–Kier alpha value is -2.53. The lowest BCUT2D eigenvalue weighted by molar-refractivity contribution is -0.134. The summed E-state index contributed by atoms with van der Waals surface area (Å²) >= 11 is 0. The molecule has 2 aromatic carbocycles. The summed E-state index contributed by atoms with van der Waals surface area (Å²) in [7, 11) is 0. The molecule has 0 aliphatic carbocycles. The highest BCUT2D eigenvalue weighted by Crippen LogP contribution is 2.34. The van der Waals surface area contributed by atoms with E-state index in [9.17, 15) is 9.18 Å². The van der Waals surface area contributed by atoms with Crippen LogP contribution in [-0.4, -0.2) is 41.2 Å². The van der Waals surface area contributed by atoms with Crippen LogP contribution in [0.15, 0.2) is 53.6 Å². The van der Waals surface area contributed by atoms with Gasteiger partial charge in [-0.15, -0.1) is 0 Å². The van der Waals surface area contributed by atoms with Crippen LogP contribution < -0.4 is 0 Å². The summed E-state index contributed by atoms with van der Waals surface area (Å²) in [5, 5.41) is 6.19. The lowest BCUT2D eigenvalue weighted by Crippen LogP contribution is -2.41. The topological polar surface area (TPSA) is 35.9 Å². The summed E-state index contributed by atoms with van der Waals surface area (Å²) in [6.07, 6.45) is 2.75. The van der Waals surface area contributed by atoms with Crippen molar-refractivity contribution < 1.29 is 9.18 Å². The van der Waals surface area contributed by atoms with E-state index in [0.717, 1.165) is 37.2 Å². The molecule has 2 aromatic rings. The molecule has 0 spiro atoms. The van der Waals surface area contributed by atoms with E-state index >= 15 is 0 Å². The van der Waals surface area contributed by atoms with E-state index in [-0.39, 0.29) is 11.7 Å². The fourth-order valence-corrected chi connectivity index (χ4v) is 4.13. The zero-order valence-corrected chi connectivity index (χ0v) is 17.1. The maximum absolute atomic E-state index is 14.6. The van der Waals surface area contributed by atoms with Gasteiger partial charge in [-0.25, -0.2) is 9.40 Å². The minimum Gasteiger partial charge on any atom is -0.294 e. The highest BCUT2D eigenvalue weighted by Gasteiger charge is 2.35. The van der Waals surface area contributed by atoms with Gasteiger partial charge in [0.2, 0.25) is 0 Å². The molecule has 1 saturated heterocycles. The van der Waals surface area contributed by atoms with Gasteiger partial charge in [-0.05, 0) is 50.4 Å². The molecule has 0 saturated carbocycles. The van der Waals surface area contributed by atoms with Crippen LogP contribution in [0.25, 0.3) is 0 Å². The third-order valence-electron chi connectivity index (χ3n) is 6.05. The summed E-state index contributed by atoms with van der Waals surface area (Å²) in [5.41, 5.74) is 3.52. The van der Waals surface area contributed by atoms with Gasteiger partial charge in [0.15, 0.2) is 0 Å². The zero-order valence-electron chi connectivity index (χ0n) is 17.1. The number of rotatable bonds is 4. The van der Waals surface area contributed by atoms with Crippen LogP contribution in [0.1, 0.15) is 48.9 Å². The second kappa shape index (κ2) is 8.46. The first kappa shape index (κ1) is 19.8. The van der Waals surface area contributed by atoms with Gasteiger partial charge in [-0.2, -0.15) is 5.10 Å². The molecule has 2 aliphatic heterocycles. The van der Waals surface area contributed by atoms with Gasteiger partial charge in [-0.3, -0.25) is 9.69 Å². The average molecular weight is 394 g/mol. The van der Waals surface area contributed by atoms with Crippen molar-refractivity contribution in [1.82, 2.24) is 9.91 Å². The molecule has 5 heteroatoms. The number of amides is 1. The quantitative estimate of drug-likeness (QED) is 0.764. The average Bonchev–Trinajstić information content (AvgIpc) is 3.16. The van der Waals surface area contributed by atoms with Crippen molar-refractivity contribution in [2.24, 2.45) is 11.0 Å². The third-order valence-corrected chi connectivity index (χ3v) is 6.05. The molecule has 0 unspecified atom stereocenters. The van der Waals surface area contributed by atoms with Crippen LogP contribution in [0, 0.1) is 18.7 Å². The minimum atomic E-state index is -0.399. The summed E-state index contributed by atoms with van der Waals surface area (Å²) in [4.78, 5) is 15.4. The molecule has 2 heterocycles. The van der Waals surface area contributed by atoms with Gasteiger partial charge in [0.05, 0.1) is 18.3 Å². The smallest absolute Gasteiger partial charge is 0.257 e. The zero-order chi connectivity index (χ0) is 20.4. The molecule has 2 aliphatic rings.